The second-order valence-electron chi connectivity index (χ2n) is 4.21. The highest BCUT2D eigenvalue weighted by molar-refractivity contribution is 6.29. The van der Waals surface area contributed by atoms with Crippen molar-refractivity contribution in [1.29, 1.82) is 0 Å². The molecule has 0 saturated carbocycles. The molecular formula is C11H18ClN3. The molecule has 0 aliphatic heterocycles. The molecule has 0 aromatic carbocycles. The summed E-state index contributed by atoms with van der Waals surface area (Å²) >= 11 is 5.80. The van der Waals surface area contributed by atoms with Crippen molar-refractivity contribution in [2.75, 3.05) is 17.6 Å². The molecular weight excluding hydrogens is 210 g/mol. The van der Waals surface area contributed by atoms with Crippen molar-refractivity contribution in [3.05, 3.63) is 17.3 Å². The van der Waals surface area contributed by atoms with Gasteiger partial charge in [-0.25, -0.2) is 4.98 Å². The third kappa shape index (κ3) is 3.96. The maximum atomic E-state index is 5.80. The van der Waals surface area contributed by atoms with E-state index in [9.17, 15) is 0 Å². The zero-order valence-corrected chi connectivity index (χ0v) is 10.2. The third-order valence-electron chi connectivity index (χ3n) is 2.56. The number of hydrogen-bond donors (Lipinski definition) is 2. The Morgan fingerprint density at radius 1 is 1.40 bits per heavy atom. The Labute approximate surface area is 96.0 Å². The lowest BCUT2D eigenvalue weighted by Gasteiger charge is -2.16. The summed E-state index contributed by atoms with van der Waals surface area (Å²) < 4.78 is 0. The molecule has 0 aliphatic rings. The predicted molar refractivity (Wildman–Crippen MR) is 66.2 cm³/mol. The molecule has 3 nitrogen and oxygen atoms in total. The van der Waals surface area contributed by atoms with E-state index in [4.69, 9.17) is 17.3 Å². The summed E-state index contributed by atoms with van der Waals surface area (Å²) in [5, 5.41) is 3.66. The second kappa shape index (κ2) is 5.21. The number of aromatic nitrogens is 1. The van der Waals surface area contributed by atoms with Crippen LogP contribution in [-0.4, -0.2) is 11.5 Å². The van der Waals surface area contributed by atoms with Crippen LogP contribution in [0.1, 0.15) is 20.8 Å². The highest BCUT2D eigenvalue weighted by Gasteiger charge is 2.07. The first-order valence-electron chi connectivity index (χ1n) is 5.16. The summed E-state index contributed by atoms with van der Waals surface area (Å²) in [4.78, 5) is 4.14. The van der Waals surface area contributed by atoms with Gasteiger partial charge in [-0.15, -0.1) is 0 Å². The Morgan fingerprint density at radius 2 is 2.07 bits per heavy atom. The van der Waals surface area contributed by atoms with E-state index >= 15 is 0 Å². The van der Waals surface area contributed by atoms with E-state index in [0.717, 1.165) is 12.4 Å². The summed E-state index contributed by atoms with van der Waals surface area (Å²) in [5.74, 6) is 1.98. The molecule has 0 bridgehead atoms. The molecule has 1 aromatic rings. The molecule has 1 atom stereocenters. The SMILES string of the molecule is CC(C)C(C)CNc1cc(N)cc(Cl)n1. The van der Waals surface area contributed by atoms with Crippen LogP contribution >= 0.6 is 11.6 Å². The average Bonchev–Trinajstić information content (AvgIpc) is 2.12. The van der Waals surface area contributed by atoms with Crippen LogP contribution in [-0.2, 0) is 0 Å². The Morgan fingerprint density at radius 3 is 2.60 bits per heavy atom. The minimum absolute atomic E-state index is 0.426. The third-order valence-corrected chi connectivity index (χ3v) is 2.75. The molecule has 0 saturated heterocycles. The quantitative estimate of drug-likeness (QED) is 0.778. The lowest BCUT2D eigenvalue weighted by molar-refractivity contribution is 0.439. The highest BCUT2D eigenvalue weighted by atomic mass is 35.5. The number of nitrogens with two attached hydrogens (primary N) is 1. The van der Waals surface area contributed by atoms with E-state index in [1.807, 2.05) is 0 Å². The van der Waals surface area contributed by atoms with E-state index < -0.39 is 0 Å². The van der Waals surface area contributed by atoms with Crippen LogP contribution in [0.25, 0.3) is 0 Å². The Balaban J connectivity index is 2.57. The number of nitrogens with one attached hydrogen (secondary N) is 1. The maximum absolute atomic E-state index is 5.80. The minimum Gasteiger partial charge on any atom is -0.399 e. The molecule has 0 amide bonds. The van der Waals surface area contributed by atoms with Gasteiger partial charge in [-0.05, 0) is 17.9 Å². The molecule has 0 radical (unpaired) electrons. The van der Waals surface area contributed by atoms with Crippen molar-refractivity contribution in [1.82, 2.24) is 4.98 Å². The van der Waals surface area contributed by atoms with Crippen molar-refractivity contribution in [2.24, 2.45) is 11.8 Å². The number of rotatable bonds is 4. The van der Waals surface area contributed by atoms with Crippen molar-refractivity contribution in [3.8, 4) is 0 Å². The van der Waals surface area contributed by atoms with Gasteiger partial charge in [0.2, 0.25) is 0 Å². The lowest BCUT2D eigenvalue weighted by atomic mass is 9.98. The number of nitrogens with zero attached hydrogens (tertiary/aromatic N) is 1. The molecule has 1 aromatic heterocycles. The van der Waals surface area contributed by atoms with E-state index in [-0.39, 0.29) is 0 Å². The van der Waals surface area contributed by atoms with Gasteiger partial charge in [-0.2, -0.15) is 0 Å². The molecule has 4 heteroatoms. The Bertz CT molecular complexity index is 305. The zero-order valence-electron chi connectivity index (χ0n) is 9.42. The van der Waals surface area contributed by atoms with Crippen molar-refractivity contribution < 1.29 is 0 Å². The number of pyridine rings is 1. The molecule has 1 rings (SSSR count). The first kappa shape index (κ1) is 12.1. The lowest BCUT2D eigenvalue weighted by Crippen LogP contribution is -2.16. The summed E-state index contributed by atoms with van der Waals surface area (Å²) in [6.45, 7) is 7.48. The highest BCUT2D eigenvalue weighted by Crippen LogP contribution is 2.17. The van der Waals surface area contributed by atoms with Crippen molar-refractivity contribution >= 4 is 23.1 Å². The van der Waals surface area contributed by atoms with Crippen LogP contribution in [0.3, 0.4) is 0 Å². The number of halogens is 1. The number of anilines is 2. The topological polar surface area (TPSA) is 50.9 Å². The van der Waals surface area contributed by atoms with Crippen molar-refractivity contribution in [3.63, 3.8) is 0 Å². The van der Waals surface area contributed by atoms with Gasteiger partial charge >= 0.3 is 0 Å². The van der Waals surface area contributed by atoms with Gasteiger partial charge < -0.3 is 11.1 Å². The second-order valence-corrected chi connectivity index (χ2v) is 4.60. The summed E-state index contributed by atoms with van der Waals surface area (Å²) in [5.41, 5.74) is 6.30. The van der Waals surface area contributed by atoms with Crippen LogP contribution in [0.5, 0.6) is 0 Å². The van der Waals surface area contributed by atoms with Crippen LogP contribution < -0.4 is 11.1 Å². The Hall–Kier alpha value is -0.960. The van der Waals surface area contributed by atoms with E-state index in [1.165, 1.54) is 0 Å². The maximum Gasteiger partial charge on any atom is 0.133 e. The van der Waals surface area contributed by atoms with Crippen LogP contribution in [0.4, 0.5) is 11.5 Å². The fourth-order valence-corrected chi connectivity index (χ4v) is 1.33. The van der Waals surface area contributed by atoms with Gasteiger partial charge in [-0.1, -0.05) is 32.4 Å². The van der Waals surface area contributed by atoms with Crippen LogP contribution in [0.2, 0.25) is 5.15 Å². The zero-order chi connectivity index (χ0) is 11.4. The standard InChI is InChI=1S/C11H18ClN3/c1-7(2)8(3)6-14-11-5-9(13)4-10(12)15-11/h4-5,7-8H,6H2,1-3H3,(H3,13,14,15). The number of nitrogen functional groups attached to an aromatic ring is 1. The Kier molecular flexibility index (Phi) is 4.21. The van der Waals surface area contributed by atoms with E-state index in [0.29, 0.717) is 22.7 Å². The van der Waals surface area contributed by atoms with E-state index in [2.05, 4.69) is 31.1 Å². The smallest absolute Gasteiger partial charge is 0.133 e. The summed E-state index contributed by atoms with van der Waals surface area (Å²) in [7, 11) is 0. The average molecular weight is 228 g/mol. The monoisotopic (exact) mass is 227 g/mol. The van der Waals surface area contributed by atoms with Gasteiger partial charge in [0.05, 0.1) is 0 Å². The fraction of sp³-hybridized carbons (Fsp3) is 0.545. The molecule has 1 unspecified atom stereocenters. The molecule has 0 aliphatic carbocycles. The summed E-state index contributed by atoms with van der Waals surface area (Å²) in [6.07, 6.45) is 0. The van der Waals surface area contributed by atoms with Gasteiger partial charge in [-0.3, -0.25) is 0 Å². The molecule has 1 heterocycles. The first-order chi connectivity index (χ1) is 6.99. The predicted octanol–water partition coefficient (Wildman–Crippen LogP) is 3.02. The minimum atomic E-state index is 0.426. The molecule has 15 heavy (non-hydrogen) atoms. The van der Waals surface area contributed by atoms with Crippen LogP contribution in [0.15, 0.2) is 12.1 Å². The fourth-order valence-electron chi connectivity index (χ4n) is 1.11. The van der Waals surface area contributed by atoms with Crippen molar-refractivity contribution in [2.45, 2.75) is 20.8 Å². The first-order valence-corrected chi connectivity index (χ1v) is 5.53. The van der Waals surface area contributed by atoms with E-state index in [1.54, 1.807) is 12.1 Å². The molecule has 3 N–H and O–H groups in total. The molecule has 0 spiro atoms. The number of hydrogen-bond acceptors (Lipinski definition) is 3. The molecule has 84 valence electrons. The van der Waals surface area contributed by atoms with Gasteiger partial charge in [0.25, 0.3) is 0 Å². The van der Waals surface area contributed by atoms with Gasteiger partial charge in [0.1, 0.15) is 11.0 Å². The molecule has 0 fully saturated rings. The normalized spacial score (nSPS) is 12.9. The van der Waals surface area contributed by atoms with Gasteiger partial charge in [0, 0.05) is 18.3 Å². The largest absolute Gasteiger partial charge is 0.399 e. The van der Waals surface area contributed by atoms with Gasteiger partial charge in [0.15, 0.2) is 0 Å². The van der Waals surface area contributed by atoms with Crippen LogP contribution in [0, 0.1) is 11.8 Å². The summed E-state index contributed by atoms with van der Waals surface area (Å²) in [6, 6.07) is 3.43.